The van der Waals surface area contributed by atoms with E-state index in [0.717, 1.165) is 0 Å². The summed E-state index contributed by atoms with van der Waals surface area (Å²) in [6.45, 7) is 0. The summed E-state index contributed by atoms with van der Waals surface area (Å²) in [5, 5.41) is 16.7. The van der Waals surface area contributed by atoms with E-state index in [2.05, 4.69) is 10.2 Å². The van der Waals surface area contributed by atoms with Crippen LogP contribution in [0.3, 0.4) is 0 Å². The van der Waals surface area contributed by atoms with Crippen molar-refractivity contribution in [3.05, 3.63) is 27.2 Å². The van der Waals surface area contributed by atoms with Gasteiger partial charge in [0.1, 0.15) is 5.69 Å². The Labute approximate surface area is 88.5 Å². The lowest BCUT2D eigenvalue weighted by molar-refractivity contribution is -0.384. The van der Waals surface area contributed by atoms with Gasteiger partial charge in [-0.25, -0.2) is 5.10 Å². The Hall–Kier alpha value is -1.96. The first-order chi connectivity index (χ1) is 7.08. The highest BCUT2D eigenvalue weighted by Crippen LogP contribution is 2.23. The molecule has 0 aliphatic heterocycles. The average Bonchev–Trinajstić information content (AvgIpc) is 2.71. The second-order valence-corrected chi connectivity index (χ2v) is 3.24. The molecule has 1 N–H and O–H groups in total. The van der Waals surface area contributed by atoms with Crippen molar-refractivity contribution in [1.82, 2.24) is 14.8 Å². The second kappa shape index (κ2) is 3.31. The lowest BCUT2D eigenvalue weighted by Crippen LogP contribution is -1.89. The molecule has 0 aromatic carbocycles. The Morgan fingerprint density at radius 1 is 1.73 bits per heavy atom. The molecule has 0 atom stereocenters. The highest BCUT2D eigenvalue weighted by Gasteiger charge is 2.16. The number of H-pyrrole nitrogens is 1. The third-order valence-corrected chi connectivity index (χ3v) is 2.03. The number of aromatic nitrogens is 3. The Bertz CT molecular complexity index is 567. The van der Waals surface area contributed by atoms with E-state index < -0.39 is 4.92 Å². The first-order valence-electron chi connectivity index (χ1n) is 3.94. The Morgan fingerprint density at radius 2 is 2.47 bits per heavy atom. The number of rotatable bonds is 2. The molecular weight excluding hydrogens is 220 g/mol. The number of aromatic amines is 1. The van der Waals surface area contributed by atoms with E-state index in [1.807, 2.05) is 0 Å². The summed E-state index contributed by atoms with van der Waals surface area (Å²) in [5.74, 6) is 0.232. The van der Waals surface area contributed by atoms with Crippen LogP contribution in [0.15, 0.2) is 16.7 Å². The molecule has 8 heteroatoms. The van der Waals surface area contributed by atoms with Crippen LogP contribution in [0.5, 0.6) is 0 Å². The topological polar surface area (TPSA) is 89.9 Å². The molecule has 0 aliphatic rings. The average molecular weight is 226 g/mol. The van der Waals surface area contributed by atoms with Crippen LogP contribution in [0.2, 0.25) is 0 Å². The fraction of sp³-hybridized carbons (Fsp3) is 0.143. The van der Waals surface area contributed by atoms with Crippen LogP contribution >= 0.6 is 12.2 Å². The van der Waals surface area contributed by atoms with Crippen LogP contribution in [0.4, 0.5) is 5.69 Å². The highest BCUT2D eigenvalue weighted by molar-refractivity contribution is 7.71. The molecule has 7 nitrogen and oxygen atoms in total. The molecular formula is C7H6N4O3S. The zero-order valence-electron chi connectivity index (χ0n) is 7.63. The van der Waals surface area contributed by atoms with Crippen molar-refractivity contribution < 1.29 is 9.34 Å². The van der Waals surface area contributed by atoms with E-state index in [-0.39, 0.29) is 16.4 Å². The fourth-order valence-electron chi connectivity index (χ4n) is 1.20. The standard InChI is InChI=1S/C7H6N4O3S/c1-10-3-4(11(12)13)2-5(10)6-8-9-7(15)14-6/h2-3H,1H3,(H,9,15). The smallest absolute Gasteiger partial charge is 0.287 e. The van der Waals surface area contributed by atoms with Gasteiger partial charge in [0.25, 0.3) is 16.4 Å². The van der Waals surface area contributed by atoms with Gasteiger partial charge in [0.2, 0.25) is 0 Å². The van der Waals surface area contributed by atoms with E-state index >= 15 is 0 Å². The molecule has 0 bridgehead atoms. The molecule has 0 aliphatic carbocycles. The van der Waals surface area contributed by atoms with Crippen molar-refractivity contribution in [2.45, 2.75) is 0 Å². The number of nitro groups is 1. The molecule has 0 unspecified atom stereocenters. The van der Waals surface area contributed by atoms with Crippen LogP contribution in [-0.2, 0) is 7.05 Å². The molecule has 15 heavy (non-hydrogen) atoms. The minimum atomic E-state index is -0.481. The summed E-state index contributed by atoms with van der Waals surface area (Å²) in [5.41, 5.74) is 0.477. The van der Waals surface area contributed by atoms with Crippen molar-refractivity contribution in [1.29, 1.82) is 0 Å². The molecule has 0 saturated heterocycles. The summed E-state index contributed by atoms with van der Waals surface area (Å²) in [6, 6.07) is 1.37. The van der Waals surface area contributed by atoms with Gasteiger partial charge in [0.15, 0.2) is 0 Å². The van der Waals surface area contributed by atoms with E-state index in [1.54, 1.807) is 11.6 Å². The molecule has 2 heterocycles. The maximum absolute atomic E-state index is 10.5. The van der Waals surface area contributed by atoms with Crippen molar-refractivity contribution in [2.75, 3.05) is 0 Å². The number of hydrogen-bond acceptors (Lipinski definition) is 5. The molecule has 0 saturated carbocycles. The van der Waals surface area contributed by atoms with Crippen molar-refractivity contribution in [3.8, 4) is 11.6 Å². The van der Waals surface area contributed by atoms with Gasteiger partial charge in [-0.1, -0.05) is 0 Å². The van der Waals surface area contributed by atoms with Crippen LogP contribution in [0, 0.1) is 15.0 Å². The van der Waals surface area contributed by atoms with Gasteiger partial charge in [0, 0.05) is 13.1 Å². The summed E-state index contributed by atoms with van der Waals surface area (Å²) in [6.07, 6.45) is 1.38. The summed E-state index contributed by atoms with van der Waals surface area (Å²) in [7, 11) is 1.66. The number of nitrogens with one attached hydrogen (secondary N) is 1. The lowest BCUT2D eigenvalue weighted by atomic mass is 10.4. The van der Waals surface area contributed by atoms with E-state index in [0.29, 0.717) is 5.69 Å². The van der Waals surface area contributed by atoms with Crippen molar-refractivity contribution in [2.24, 2.45) is 7.05 Å². The maximum atomic E-state index is 10.5. The van der Waals surface area contributed by atoms with Crippen LogP contribution in [-0.4, -0.2) is 19.7 Å². The summed E-state index contributed by atoms with van der Waals surface area (Å²) < 4.78 is 6.60. The first kappa shape index (κ1) is 9.59. The zero-order valence-corrected chi connectivity index (χ0v) is 8.45. The SMILES string of the molecule is Cn1cc([N+](=O)[O-])cc1-c1n[nH]c(=S)o1. The zero-order chi connectivity index (χ0) is 11.0. The Balaban J connectivity index is 2.53. The minimum Gasteiger partial charge on any atom is -0.408 e. The third kappa shape index (κ3) is 1.66. The van der Waals surface area contributed by atoms with Gasteiger partial charge in [-0.3, -0.25) is 10.1 Å². The summed E-state index contributed by atoms with van der Waals surface area (Å²) in [4.78, 5) is 10.2. The van der Waals surface area contributed by atoms with Gasteiger partial charge >= 0.3 is 0 Å². The molecule has 78 valence electrons. The van der Waals surface area contributed by atoms with E-state index in [4.69, 9.17) is 16.6 Å². The van der Waals surface area contributed by atoms with E-state index in [9.17, 15) is 10.1 Å². The normalized spacial score (nSPS) is 10.5. The highest BCUT2D eigenvalue weighted by atomic mass is 32.1. The number of hydrogen-bond donors (Lipinski definition) is 1. The molecule has 0 radical (unpaired) electrons. The van der Waals surface area contributed by atoms with Gasteiger partial charge in [-0.15, -0.1) is 5.10 Å². The van der Waals surface area contributed by atoms with Crippen molar-refractivity contribution in [3.63, 3.8) is 0 Å². The predicted molar refractivity (Wildman–Crippen MR) is 52.7 cm³/mol. The molecule has 0 spiro atoms. The fourth-order valence-corrected chi connectivity index (χ4v) is 1.32. The molecule has 0 amide bonds. The van der Waals surface area contributed by atoms with Crippen LogP contribution in [0.1, 0.15) is 0 Å². The monoisotopic (exact) mass is 226 g/mol. The molecule has 2 rings (SSSR count). The first-order valence-corrected chi connectivity index (χ1v) is 4.35. The van der Waals surface area contributed by atoms with Gasteiger partial charge in [-0.2, -0.15) is 0 Å². The van der Waals surface area contributed by atoms with Gasteiger partial charge in [0.05, 0.1) is 11.1 Å². The number of nitrogens with zero attached hydrogens (tertiary/aromatic N) is 3. The van der Waals surface area contributed by atoms with E-state index in [1.165, 1.54) is 12.3 Å². The van der Waals surface area contributed by atoms with Gasteiger partial charge < -0.3 is 8.98 Å². The largest absolute Gasteiger partial charge is 0.408 e. The third-order valence-electron chi connectivity index (χ3n) is 1.86. The number of aryl methyl sites for hydroxylation is 1. The predicted octanol–water partition coefficient (Wildman–Crippen LogP) is 1.65. The lowest BCUT2D eigenvalue weighted by Gasteiger charge is -1.93. The minimum absolute atomic E-state index is 0.0170. The quantitative estimate of drug-likeness (QED) is 0.477. The molecule has 2 aromatic heterocycles. The van der Waals surface area contributed by atoms with Crippen LogP contribution in [0.25, 0.3) is 11.6 Å². The molecule has 2 aromatic rings. The summed E-state index contributed by atoms with van der Waals surface area (Å²) >= 11 is 4.71. The van der Waals surface area contributed by atoms with Crippen LogP contribution < -0.4 is 0 Å². The Morgan fingerprint density at radius 3 is 2.93 bits per heavy atom. The second-order valence-electron chi connectivity index (χ2n) is 2.87. The Kier molecular flexibility index (Phi) is 2.12. The van der Waals surface area contributed by atoms with Gasteiger partial charge in [-0.05, 0) is 12.2 Å². The van der Waals surface area contributed by atoms with Crippen molar-refractivity contribution >= 4 is 17.9 Å². The maximum Gasteiger partial charge on any atom is 0.287 e. The molecule has 0 fully saturated rings.